The molecule has 7 heteroatoms. The molecule has 29 heavy (non-hydrogen) atoms. The van der Waals surface area contributed by atoms with Crippen LogP contribution < -0.4 is 0 Å². The van der Waals surface area contributed by atoms with E-state index in [1.807, 2.05) is 54.3 Å². The number of rotatable bonds is 5. The van der Waals surface area contributed by atoms with Gasteiger partial charge in [0.05, 0.1) is 23.6 Å². The molecule has 2 heterocycles. The summed E-state index contributed by atoms with van der Waals surface area (Å²) in [6, 6.07) is 15.5. The number of halogens is 1. The van der Waals surface area contributed by atoms with Gasteiger partial charge in [0.1, 0.15) is 0 Å². The fourth-order valence-corrected chi connectivity index (χ4v) is 3.62. The van der Waals surface area contributed by atoms with Crippen molar-refractivity contribution >= 4 is 17.5 Å². The molecule has 1 fully saturated rings. The Bertz CT molecular complexity index is 978. The van der Waals surface area contributed by atoms with Crippen LogP contribution >= 0.6 is 11.6 Å². The summed E-state index contributed by atoms with van der Waals surface area (Å²) in [5.74, 6) is 1.16. The van der Waals surface area contributed by atoms with E-state index in [1.165, 1.54) is 5.56 Å². The monoisotopic (exact) mass is 410 g/mol. The van der Waals surface area contributed by atoms with Gasteiger partial charge in [-0.05, 0) is 24.6 Å². The second-order valence-corrected chi connectivity index (χ2v) is 7.71. The lowest BCUT2D eigenvalue weighted by Crippen LogP contribution is -2.48. The van der Waals surface area contributed by atoms with Crippen molar-refractivity contribution in [2.45, 2.75) is 19.9 Å². The zero-order valence-electron chi connectivity index (χ0n) is 16.3. The van der Waals surface area contributed by atoms with Gasteiger partial charge in [0, 0.05) is 26.2 Å². The van der Waals surface area contributed by atoms with Crippen molar-refractivity contribution in [1.29, 1.82) is 0 Å². The Balaban J connectivity index is 1.29. The van der Waals surface area contributed by atoms with Crippen molar-refractivity contribution in [1.82, 2.24) is 20.0 Å². The normalized spacial score (nSPS) is 14.9. The van der Waals surface area contributed by atoms with E-state index in [2.05, 4.69) is 15.1 Å². The predicted molar refractivity (Wildman–Crippen MR) is 111 cm³/mol. The van der Waals surface area contributed by atoms with Crippen LogP contribution in [0.25, 0.3) is 11.5 Å². The highest BCUT2D eigenvalue weighted by Gasteiger charge is 2.23. The third-order valence-corrected chi connectivity index (χ3v) is 5.46. The molecule has 2 aromatic carbocycles. The van der Waals surface area contributed by atoms with Gasteiger partial charge in [-0.15, -0.1) is 10.2 Å². The molecule has 150 valence electrons. The summed E-state index contributed by atoms with van der Waals surface area (Å²) < 4.78 is 5.79. The highest BCUT2D eigenvalue weighted by molar-refractivity contribution is 6.33. The zero-order chi connectivity index (χ0) is 20.2. The van der Waals surface area contributed by atoms with Gasteiger partial charge in [-0.3, -0.25) is 9.69 Å². The van der Waals surface area contributed by atoms with Crippen LogP contribution in [-0.2, 0) is 17.8 Å². The number of hydrogen-bond acceptors (Lipinski definition) is 5. The van der Waals surface area contributed by atoms with Gasteiger partial charge >= 0.3 is 0 Å². The lowest BCUT2D eigenvalue weighted by atomic mass is 10.1. The van der Waals surface area contributed by atoms with E-state index < -0.39 is 0 Å². The third-order valence-electron chi connectivity index (χ3n) is 5.13. The van der Waals surface area contributed by atoms with Crippen LogP contribution in [0.3, 0.4) is 0 Å². The Morgan fingerprint density at radius 2 is 1.76 bits per heavy atom. The second kappa shape index (κ2) is 8.76. The molecule has 0 saturated carbocycles. The number of hydrogen-bond donors (Lipinski definition) is 0. The minimum Gasteiger partial charge on any atom is -0.419 e. The number of aromatic nitrogens is 2. The van der Waals surface area contributed by atoms with Crippen LogP contribution in [0.4, 0.5) is 0 Å². The first kappa shape index (κ1) is 19.6. The first-order chi connectivity index (χ1) is 14.1. The number of benzene rings is 2. The molecule has 0 aliphatic carbocycles. The topological polar surface area (TPSA) is 62.5 Å². The number of aryl methyl sites for hydroxylation is 1. The summed E-state index contributed by atoms with van der Waals surface area (Å²) >= 11 is 6.20. The lowest BCUT2D eigenvalue weighted by Gasteiger charge is -2.34. The lowest BCUT2D eigenvalue weighted by molar-refractivity contribution is -0.132. The molecule has 0 spiro atoms. The van der Waals surface area contributed by atoms with Crippen LogP contribution in [0.5, 0.6) is 0 Å². The molecule has 1 aliphatic heterocycles. The third kappa shape index (κ3) is 4.83. The van der Waals surface area contributed by atoms with Gasteiger partial charge in [0.25, 0.3) is 0 Å². The minimum atomic E-state index is 0.173. The van der Waals surface area contributed by atoms with Gasteiger partial charge < -0.3 is 9.32 Å². The molecule has 1 amide bonds. The molecule has 0 atom stereocenters. The van der Waals surface area contributed by atoms with Crippen LogP contribution in [0.15, 0.2) is 52.9 Å². The number of nitrogens with zero attached hydrogens (tertiary/aromatic N) is 4. The first-order valence-corrected chi connectivity index (χ1v) is 10.1. The van der Waals surface area contributed by atoms with Crippen molar-refractivity contribution in [3.63, 3.8) is 0 Å². The van der Waals surface area contributed by atoms with Gasteiger partial charge in [-0.1, -0.05) is 53.6 Å². The Morgan fingerprint density at radius 3 is 2.48 bits per heavy atom. The van der Waals surface area contributed by atoms with E-state index >= 15 is 0 Å². The fraction of sp³-hybridized carbons (Fsp3) is 0.318. The predicted octanol–water partition coefficient (Wildman–Crippen LogP) is 3.59. The average molecular weight is 411 g/mol. The summed E-state index contributed by atoms with van der Waals surface area (Å²) in [5, 5.41) is 8.85. The molecule has 0 unspecified atom stereocenters. The number of amides is 1. The number of piperazine rings is 1. The maximum absolute atomic E-state index is 12.6. The van der Waals surface area contributed by atoms with E-state index in [4.69, 9.17) is 16.0 Å². The molecule has 0 bridgehead atoms. The quantitative estimate of drug-likeness (QED) is 0.643. The Morgan fingerprint density at radius 1 is 1.03 bits per heavy atom. The molecule has 1 aliphatic rings. The van der Waals surface area contributed by atoms with Crippen molar-refractivity contribution in [2.24, 2.45) is 0 Å². The molecular formula is C22H23ClN4O2. The summed E-state index contributed by atoms with van der Waals surface area (Å²) in [6.45, 7) is 5.59. The van der Waals surface area contributed by atoms with E-state index in [-0.39, 0.29) is 5.91 Å². The molecule has 1 saturated heterocycles. The SMILES string of the molecule is Cc1ccc(CC(=O)N2CCN(Cc3nnc(-c4ccccc4Cl)o3)CC2)cc1. The number of carbonyl (C=O) groups excluding carboxylic acids is 1. The van der Waals surface area contributed by atoms with E-state index in [1.54, 1.807) is 6.07 Å². The fourth-order valence-electron chi connectivity index (χ4n) is 3.40. The maximum atomic E-state index is 12.6. The van der Waals surface area contributed by atoms with Crippen LogP contribution in [-0.4, -0.2) is 52.1 Å². The molecule has 0 N–H and O–H groups in total. The Kier molecular flexibility index (Phi) is 5.92. The Hall–Kier alpha value is -2.70. The van der Waals surface area contributed by atoms with Crippen LogP contribution in [0.1, 0.15) is 17.0 Å². The van der Waals surface area contributed by atoms with Crippen LogP contribution in [0.2, 0.25) is 5.02 Å². The molecule has 3 aromatic rings. The van der Waals surface area contributed by atoms with E-state index in [0.717, 1.165) is 24.2 Å². The van der Waals surface area contributed by atoms with Gasteiger partial charge in [0.15, 0.2) is 0 Å². The molecule has 4 rings (SSSR count). The highest BCUT2D eigenvalue weighted by Crippen LogP contribution is 2.26. The van der Waals surface area contributed by atoms with Gasteiger partial charge in [0.2, 0.25) is 17.7 Å². The van der Waals surface area contributed by atoms with E-state index in [0.29, 0.717) is 42.9 Å². The summed E-state index contributed by atoms with van der Waals surface area (Å²) in [5.41, 5.74) is 2.99. The average Bonchev–Trinajstić information content (AvgIpc) is 3.19. The maximum Gasteiger partial charge on any atom is 0.249 e. The first-order valence-electron chi connectivity index (χ1n) is 9.71. The second-order valence-electron chi connectivity index (χ2n) is 7.30. The minimum absolute atomic E-state index is 0.173. The zero-order valence-corrected chi connectivity index (χ0v) is 17.1. The molecular weight excluding hydrogens is 388 g/mol. The van der Waals surface area contributed by atoms with Crippen molar-refractivity contribution < 1.29 is 9.21 Å². The van der Waals surface area contributed by atoms with Gasteiger partial charge in [-0.2, -0.15) is 0 Å². The standard InChI is InChI=1S/C22H23ClN4O2/c1-16-6-8-17(9-7-16)14-21(28)27-12-10-26(11-13-27)15-20-24-25-22(29-20)18-4-2-3-5-19(18)23/h2-9H,10-15H2,1H3. The van der Waals surface area contributed by atoms with Crippen LogP contribution in [0, 0.1) is 6.92 Å². The van der Waals surface area contributed by atoms with Crippen molar-refractivity contribution in [3.05, 3.63) is 70.6 Å². The highest BCUT2D eigenvalue weighted by atomic mass is 35.5. The Labute approximate surface area is 175 Å². The summed E-state index contributed by atoms with van der Waals surface area (Å²) in [4.78, 5) is 16.7. The van der Waals surface area contributed by atoms with Crippen molar-refractivity contribution in [2.75, 3.05) is 26.2 Å². The van der Waals surface area contributed by atoms with Gasteiger partial charge in [-0.25, -0.2) is 0 Å². The largest absolute Gasteiger partial charge is 0.419 e. The summed E-state index contributed by atoms with van der Waals surface area (Å²) in [6.07, 6.45) is 0.450. The van der Waals surface area contributed by atoms with Crippen molar-refractivity contribution in [3.8, 4) is 11.5 Å². The number of carbonyl (C=O) groups is 1. The summed E-state index contributed by atoms with van der Waals surface area (Å²) in [7, 11) is 0. The smallest absolute Gasteiger partial charge is 0.249 e. The molecule has 1 aromatic heterocycles. The van der Waals surface area contributed by atoms with E-state index in [9.17, 15) is 4.79 Å². The molecule has 0 radical (unpaired) electrons. The molecule has 6 nitrogen and oxygen atoms in total.